The molecule has 1 aliphatic rings. The van der Waals surface area contributed by atoms with E-state index >= 15 is 0 Å². The van der Waals surface area contributed by atoms with E-state index in [2.05, 4.69) is 41.1 Å². The molecule has 0 saturated heterocycles. The molecule has 6 heteroatoms. The van der Waals surface area contributed by atoms with Gasteiger partial charge in [0.1, 0.15) is 23.0 Å². The number of aryl methyl sites for hydroxylation is 1. The average molecular weight is 405 g/mol. The highest BCUT2D eigenvalue weighted by Crippen LogP contribution is 2.31. The van der Waals surface area contributed by atoms with Crippen LogP contribution in [0, 0.1) is 6.92 Å². The van der Waals surface area contributed by atoms with Crippen LogP contribution in [0.4, 0.5) is 5.69 Å². The molecule has 6 nitrogen and oxygen atoms in total. The normalized spacial score (nSPS) is 13.3. The Balaban J connectivity index is 1.73. The molecule has 156 valence electrons. The number of methoxy groups -OCH3 is 2. The lowest BCUT2D eigenvalue weighted by Gasteiger charge is -2.12. The van der Waals surface area contributed by atoms with Gasteiger partial charge in [0.25, 0.3) is 5.91 Å². The molecule has 1 amide bonds. The number of fused-ring (bicyclic) bond motifs is 1. The Hall–Kier alpha value is -3.28. The maximum Gasteiger partial charge on any atom is 0.276 e. The Morgan fingerprint density at radius 2 is 1.83 bits per heavy atom. The topological polar surface area (TPSA) is 65.4 Å². The molecule has 0 saturated carbocycles. The minimum Gasteiger partial charge on any atom is -0.497 e. The first-order chi connectivity index (χ1) is 14.6. The second-order valence-electron chi connectivity index (χ2n) is 7.58. The van der Waals surface area contributed by atoms with Crippen molar-refractivity contribution >= 4 is 11.6 Å². The Morgan fingerprint density at radius 3 is 2.57 bits per heavy atom. The molecule has 1 N–H and O–H groups in total. The molecular formula is C24H27N3O3. The molecular weight excluding hydrogens is 378 g/mol. The smallest absolute Gasteiger partial charge is 0.276 e. The number of amides is 1. The fourth-order valence-electron chi connectivity index (χ4n) is 3.92. The van der Waals surface area contributed by atoms with E-state index in [-0.39, 0.29) is 5.91 Å². The number of benzene rings is 2. The van der Waals surface area contributed by atoms with Crippen LogP contribution in [0.1, 0.15) is 41.0 Å². The van der Waals surface area contributed by atoms with E-state index in [1.807, 2.05) is 0 Å². The van der Waals surface area contributed by atoms with Gasteiger partial charge in [0.05, 0.1) is 25.6 Å². The van der Waals surface area contributed by atoms with Crippen molar-refractivity contribution in [3.8, 4) is 22.9 Å². The van der Waals surface area contributed by atoms with Crippen LogP contribution in [0.25, 0.3) is 11.4 Å². The van der Waals surface area contributed by atoms with Gasteiger partial charge >= 0.3 is 0 Å². The predicted molar refractivity (Wildman–Crippen MR) is 117 cm³/mol. The molecule has 0 radical (unpaired) electrons. The van der Waals surface area contributed by atoms with E-state index in [1.54, 1.807) is 32.4 Å². The predicted octanol–water partition coefficient (Wildman–Crippen LogP) is 4.85. The van der Waals surface area contributed by atoms with E-state index in [0.29, 0.717) is 22.9 Å². The summed E-state index contributed by atoms with van der Waals surface area (Å²) >= 11 is 0. The van der Waals surface area contributed by atoms with Crippen molar-refractivity contribution in [2.75, 3.05) is 19.5 Å². The van der Waals surface area contributed by atoms with Crippen LogP contribution in [0.15, 0.2) is 42.5 Å². The van der Waals surface area contributed by atoms with Gasteiger partial charge in [0.2, 0.25) is 0 Å². The average Bonchev–Trinajstić information content (AvgIpc) is 2.95. The third-order valence-electron chi connectivity index (χ3n) is 5.55. The summed E-state index contributed by atoms with van der Waals surface area (Å²) in [6, 6.07) is 13.6. The molecule has 0 unspecified atom stereocenters. The molecule has 1 aromatic heterocycles. The number of ether oxygens (including phenoxy) is 2. The number of hydrogen-bond donors (Lipinski definition) is 1. The third kappa shape index (κ3) is 3.90. The number of imidazole rings is 1. The Morgan fingerprint density at radius 1 is 1.03 bits per heavy atom. The summed E-state index contributed by atoms with van der Waals surface area (Å²) in [6.45, 7) is 2.94. The number of hydrogen-bond acceptors (Lipinski definition) is 4. The summed E-state index contributed by atoms with van der Waals surface area (Å²) in [6.07, 6.45) is 4.14. The summed E-state index contributed by atoms with van der Waals surface area (Å²) in [5.74, 6) is 1.85. The van der Waals surface area contributed by atoms with Gasteiger partial charge in [-0.1, -0.05) is 36.2 Å². The zero-order valence-electron chi connectivity index (χ0n) is 17.7. The van der Waals surface area contributed by atoms with E-state index in [1.165, 1.54) is 5.56 Å². The lowest BCUT2D eigenvalue weighted by Crippen LogP contribution is -2.16. The molecule has 2 aromatic carbocycles. The molecule has 30 heavy (non-hydrogen) atoms. The Labute approximate surface area is 176 Å². The quantitative estimate of drug-likeness (QED) is 0.659. The number of nitrogens with one attached hydrogen (secondary N) is 1. The number of nitrogens with zero attached hydrogens (tertiary/aromatic N) is 2. The fourth-order valence-corrected chi connectivity index (χ4v) is 3.92. The fraction of sp³-hybridized carbons (Fsp3) is 0.333. The van der Waals surface area contributed by atoms with Gasteiger partial charge in [-0.2, -0.15) is 0 Å². The van der Waals surface area contributed by atoms with Gasteiger partial charge < -0.3 is 19.4 Å². The van der Waals surface area contributed by atoms with Crippen LogP contribution < -0.4 is 14.8 Å². The number of aromatic nitrogens is 2. The zero-order chi connectivity index (χ0) is 21.1. The van der Waals surface area contributed by atoms with E-state index < -0.39 is 0 Å². The number of carbonyl (C=O) groups excluding carboxylic acids is 1. The molecule has 0 spiro atoms. The van der Waals surface area contributed by atoms with Gasteiger partial charge in [-0.15, -0.1) is 0 Å². The van der Waals surface area contributed by atoms with Crippen LogP contribution in [0.3, 0.4) is 0 Å². The van der Waals surface area contributed by atoms with Crippen molar-refractivity contribution in [1.82, 2.24) is 9.55 Å². The molecule has 0 bridgehead atoms. The Bertz CT molecular complexity index is 1050. The first-order valence-corrected chi connectivity index (χ1v) is 10.3. The van der Waals surface area contributed by atoms with E-state index in [9.17, 15) is 4.79 Å². The van der Waals surface area contributed by atoms with Crippen molar-refractivity contribution < 1.29 is 14.3 Å². The maximum absolute atomic E-state index is 13.3. The summed E-state index contributed by atoms with van der Waals surface area (Å²) < 4.78 is 12.9. The first-order valence-electron chi connectivity index (χ1n) is 10.3. The van der Waals surface area contributed by atoms with Gasteiger partial charge in [-0.3, -0.25) is 4.79 Å². The van der Waals surface area contributed by atoms with Crippen molar-refractivity contribution in [2.24, 2.45) is 0 Å². The highest BCUT2D eigenvalue weighted by Gasteiger charge is 2.25. The number of rotatable bonds is 5. The lowest BCUT2D eigenvalue weighted by molar-refractivity contribution is 0.102. The molecule has 4 rings (SSSR count). The molecule has 1 aliphatic heterocycles. The van der Waals surface area contributed by atoms with Crippen LogP contribution in [-0.2, 0) is 13.0 Å². The third-order valence-corrected chi connectivity index (χ3v) is 5.55. The van der Waals surface area contributed by atoms with Gasteiger partial charge in [0.15, 0.2) is 0 Å². The van der Waals surface area contributed by atoms with Crippen molar-refractivity contribution in [3.63, 3.8) is 0 Å². The van der Waals surface area contributed by atoms with Crippen molar-refractivity contribution in [1.29, 1.82) is 0 Å². The van der Waals surface area contributed by atoms with Crippen LogP contribution in [0.5, 0.6) is 11.5 Å². The minimum absolute atomic E-state index is 0.231. The van der Waals surface area contributed by atoms with E-state index in [0.717, 1.165) is 49.3 Å². The zero-order valence-corrected chi connectivity index (χ0v) is 17.7. The molecule has 0 aliphatic carbocycles. The van der Waals surface area contributed by atoms with Crippen molar-refractivity contribution in [3.05, 3.63) is 59.4 Å². The number of anilines is 1. The van der Waals surface area contributed by atoms with Crippen molar-refractivity contribution in [2.45, 2.75) is 39.2 Å². The second-order valence-corrected chi connectivity index (χ2v) is 7.58. The van der Waals surface area contributed by atoms with Gasteiger partial charge in [-0.25, -0.2) is 4.98 Å². The SMILES string of the molecule is COc1ccc(OC)c(NC(=O)c2nc(-c3ccc(C)cc3)n3c2CCCCC3)c1. The standard InChI is InChI=1S/C24H27N3O3/c1-16-8-10-17(11-9-16)23-26-22(20-7-5-4-6-14-27(20)23)24(28)25-19-15-18(29-2)12-13-21(19)30-3/h8-13,15H,4-7,14H2,1-3H3,(H,25,28). The molecule has 3 aromatic rings. The monoisotopic (exact) mass is 405 g/mol. The van der Waals surface area contributed by atoms with Gasteiger partial charge in [0, 0.05) is 18.2 Å². The largest absolute Gasteiger partial charge is 0.497 e. The maximum atomic E-state index is 13.3. The number of carbonyl (C=O) groups is 1. The summed E-state index contributed by atoms with van der Waals surface area (Å²) in [4.78, 5) is 18.1. The summed E-state index contributed by atoms with van der Waals surface area (Å²) in [5, 5.41) is 2.98. The summed E-state index contributed by atoms with van der Waals surface area (Å²) in [5.41, 5.74) is 4.28. The highest BCUT2D eigenvalue weighted by atomic mass is 16.5. The van der Waals surface area contributed by atoms with Crippen LogP contribution in [0.2, 0.25) is 0 Å². The second kappa shape index (κ2) is 8.61. The van der Waals surface area contributed by atoms with Crippen LogP contribution >= 0.6 is 0 Å². The van der Waals surface area contributed by atoms with E-state index in [4.69, 9.17) is 14.5 Å². The highest BCUT2D eigenvalue weighted by molar-refractivity contribution is 6.05. The lowest BCUT2D eigenvalue weighted by atomic mass is 10.1. The molecule has 0 atom stereocenters. The Kier molecular flexibility index (Phi) is 5.74. The van der Waals surface area contributed by atoms with Gasteiger partial charge in [-0.05, 0) is 38.3 Å². The minimum atomic E-state index is -0.231. The molecule has 2 heterocycles. The van der Waals surface area contributed by atoms with Crippen LogP contribution in [-0.4, -0.2) is 29.7 Å². The summed E-state index contributed by atoms with van der Waals surface area (Å²) in [7, 11) is 3.17. The first kappa shape index (κ1) is 20.0. The molecule has 0 fully saturated rings.